The van der Waals surface area contributed by atoms with Gasteiger partial charge < -0.3 is 20.1 Å². The van der Waals surface area contributed by atoms with Gasteiger partial charge in [0.25, 0.3) is 0 Å². The van der Waals surface area contributed by atoms with Crippen molar-refractivity contribution in [2.24, 2.45) is 0 Å². The van der Waals surface area contributed by atoms with Crippen LogP contribution in [0.25, 0.3) is 10.9 Å². The summed E-state index contributed by atoms with van der Waals surface area (Å²) in [6.45, 7) is 6.26. The van der Waals surface area contributed by atoms with E-state index < -0.39 is 0 Å². The smallest absolute Gasteiger partial charge is 0.317 e. The third-order valence-corrected chi connectivity index (χ3v) is 6.34. The second-order valence-electron chi connectivity index (χ2n) is 7.75. The van der Waals surface area contributed by atoms with Crippen LogP contribution < -0.4 is 5.32 Å². The molecule has 1 aliphatic heterocycles. The zero-order valence-electron chi connectivity index (χ0n) is 16.2. The number of benzene rings is 1. The molecule has 1 saturated heterocycles. The summed E-state index contributed by atoms with van der Waals surface area (Å²) in [6.07, 6.45) is 3.95. The van der Waals surface area contributed by atoms with Crippen LogP contribution in [0.4, 0.5) is 4.79 Å². The summed E-state index contributed by atoms with van der Waals surface area (Å²) < 4.78 is 0. The Morgan fingerprint density at radius 1 is 1.41 bits per heavy atom. The summed E-state index contributed by atoms with van der Waals surface area (Å²) in [5.41, 5.74) is 4.34. The minimum Gasteiger partial charge on any atom is -0.361 e. The number of nitriles is 1. The normalized spacial score (nSPS) is 24.3. The van der Waals surface area contributed by atoms with Crippen LogP contribution >= 0.6 is 0 Å². The fourth-order valence-corrected chi connectivity index (χ4v) is 5.01. The molecule has 2 aliphatic rings. The monoisotopic (exact) mass is 365 g/mol. The van der Waals surface area contributed by atoms with Gasteiger partial charge in [-0.3, -0.25) is 0 Å². The Balaban J connectivity index is 1.68. The van der Waals surface area contributed by atoms with Gasteiger partial charge in [-0.2, -0.15) is 5.26 Å². The highest BCUT2D eigenvalue weighted by Crippen LogP contribution is 2.44. The molecule has 6 nitrogen and oxygen atoms in total. The van der Waals surface area contributed by atoms with Crippen LogP contribution in [0.3, 0.4) is 0 Å². The number of amides is 2. The number of likely N-dealkylation sites (N-methyl/N-ethyl adjacent to an activating group) is 1. The molecule has 2 N–H and O–H groups in total. The van der Waals surface area contributed by atoms with Gasteiger partial charge in [0.15, 0.2) is 0 Å². The number of nitrogens with one attached hydrogen (secondary N) is 2. The Labute approximate surface area is 160 Å². The molecule has 4 rings (SSSR count). The van der Waals surface area contributed by atoms with E-state index in [1.807, 2.05) is 30.9 Å². The number of aromatic amines is 1. The summed E-state index contributed by atoms with van der Waals surface area (Å²) in [7, 11) is 2.14. The Bertz CT molecular complexity index is 907. The number of urea groups is 1. The van der Waals surface area contributed by atoms with Crippen molar-refractivity contribution in [3.63, 3.8) is 0 Å². The maximum atomic E-state index is 12.5. The average Bonchev–Trinajstić information content (AvgIpc) is 3.07. The van der Waals surface area contributed by atoms with Crippen molar-refractivity contribution < 1.29 is 4.79 Å². The SMILES string of the molecule is CCN(CC)C(=O)N[C@H]1CC2c3c(C#N)ccc4[nH]cc(c34)C[C@H]2N(C)C1. The van der Waals surface area contributed by atoms with Crippen molar-refractivity contribution in [3.8, 4) is 6.07 Å². The number of H-pyrrole nitrogens is 1. The van der Waals surface area contributed by atoms with Crippen LogP contribution in [-0.4, -0.2) is 59.6 Å². The van der Waals surface area contributed by atoms with Crippen LogP contribution in [0.1, 0.15) is 42.9 Å². The van der Waals surface area contributed by atoms with Gasteiger partial charge in [-0.1, -0.05) is 0 Å². The number of hydrogen-bond acceptors (Lipinski definition) is 3. The fraction of sp³-hybridized carbons (Fsp3) is 0.524. The summed E-state index contributed by atoms with van der Waals surface area (Å²) in [6, 6.07) is 6.80. The predicted octanol–water partition coefficient (Wildman–Crippen LogP) is 2.80. The van der Waals surface area contributed by atoms with Crippen molar-refractivity contribution in [1.29, 1.82) is 5.26 Å². The van der Waals surface area contributed by atoms with Crippen LogP contribution in [0.15, 0.2) is 18.3 Å². The maximum absolute atomic E-state index is 12.5. The first kappa shape index (κ1) is 17.9. The van der Waals surface area contributed by atoms with E-state index in [1.54, 1.807) is 0 Å². The highest BCUT2D eigenvalue weighted by atomic mass is 16.2. The first-order valence-electron chi connectivity index (χ1n) is 9.85. The Hall–Kier alpha value is -2.52. The Morgan fingerprint density at radius 2 is 2.19 bits per heavy atom. The molecule has 27 heavy (non-hydrogen) atoms. The van der Waals surface area contributed by atoms with Crippen molar-refractivity contribution in [3.05, 3.63) is 35.0 Å². The van der Waals surface area contributed by atoms with E-state index in [1.165, 1.54) is 10.9 Å². The molecule has 2 heterocycles. The van der Waals surface area contributed by atoms with Gasteiger partial charge >= 0.3 is 6.03 Å². The Kier molecular flexibility index (Phi) is 4.56. The van der Waals surface area contributed by atoms with Gasteiger partial charge in [0.2, 0.25) is 0 Å². The second-order valence-corrected chi connectivity index (χ2v) is 7.75. The average molecular weight is 365 g/mol. The van der Waals surface area contributed by atoms with Crippen molar-refractivity contribution in [2.75, 3.05) is 26.7 Å². The molecule has 142 valence electrons. The van der Waals surface area contributed by atoms with Gasteiger partial charge in [-0.05, 0) is 57.0 Å². The van der Waals surface area contributed by atoms with E-state index in [0.29, 0.717) is 19.1 Å². The van der Waals surface area contributed by atoms with Crippen molar-refractivity contribution >= 4 is 16.9 Å². The third-order valence-electron chi connectivity index (χ3n) is 6.34. The molecule has 1 aromatic heterocycles. The minimum absolute atomic E-state index is 0.00806. The molecule has 3 atom stereocenters. The van der Waals surface area contributed by atoms with Crippen LogP contribution in [0.2, 0.25) is 0 Å². The summed E-state index contributed by atoms with van der Waals surface area (Å²) in [5, 5.41) is 14.2. The van der Waals surface area contributed by atoms with E-state index in [0.717, 1.165) is 36.0 Å². The number of likely N-dealkylation sites (tertiary alicyclic amines) is 1. The highest BCUT2D eigenvalue weighted by Gasteiger charge is 2.41. The molecule has 1 aliphatic carbocycles. The summed E-state index contributed by atoms with van der Waals surface area (Å²) >= 11 is 0. The molecular formula is C21H27N5O. The zero-order valence-corrected chi connectivity index (χ0v) is 16.2. The molecule has 0 radical (unpaired) electrons. The molecule has 0 spiro atoms. The second kappa shape index (κ2) is 6.90. The largest absolute Gasteiger partial charge is 0.361 e. The zero-order chi connectivity index (χ0) is 19.1. The number of hydrogen-bond donors (Lipinski definition) is 2. The number of nitrogens with zero attached hydrogens (tertiary/aromatic N) is 3. The minimum atomic E-state index is 0.00806. The Morgan fingerprint density at radius 3 is 2.89 bits per heavy atom. The van der Waals surface area contributed by atoms with E-state index >= 15 is 0 Å². The first-order valence-corrected chi connectivity index (χ1v) is 9.85. The van der Waals surface area contributed by atoms with Gasteiger partial charge in [-0.25, -0.2) is 4.79 Å². The van der Waals surface area contributed by atoms with Crippen molar-refractivity contribution in [2.45, 2.75) is 44.7 Å². The number of rotatable bonds is 3. The topological polar surface area (TPSA) is 75.2 Å². The van der Waals surface area contributed by atoms with Gasteiger partial charge in [-0.15, -0.1) is 0 Å². The summed E-state index contributed by atoms with van der Waals surface area (Å²) in [4.78, 5) is 20.1. The lowest BCUT2D eigenvalue weighted by atomic mass is 9.72. The molecule has 1 aromatic carbocycles. The van der Waals surface area contributed by atoms with Crippen LogP contribution in [0, 0.1) is 11.3 Å². The predicted molar refractivity (Wildman–Crippen MR) is 106 cm³/mol. The number of fused-ring (bicyclic) bond motifs is 2. The van der Waals surface area contributed by atoms with Gasteiger partial charge in [0.1, 0.15) is 0 Å². The van der Waals surface area contributed by atoms with Gasteiger partial charge in [0.05, 0.1) is 11.6 Å². The van der Waals surface area contributed by atoms with Crippen LogP contribution in [0.5, 0.6) is 0 Å². The number of aromatic nitrogens is 1. The van der Waals surface area contributed by atoms with E-state index in [2.05, 4.69) is 34.5 Å². The number of piperidine rings is 1. The van der Waals surface area contributed by atoms with E-state index in [4.69, 9.17) is 0 Å². The molecule has 1 fully saturated rings. The molecule has 2 aromatic rings. The molecule has 0 saturated carbocycles. The molecular weight excluding hydrogens is 338 g/mol. The van der Waals surface area contributed by atoms with E-state index in [-0.39, 0.29) is 18.0 Å². The molecule has 2 amide bonds. The number of carbonyl (C=O) groups excluding carboxylic acids is 1. The maximum Gasteiger partial charge on any atom is 0.317 e. The molecule has 0 bridgehead atoms. The van der Waals surface area contributed by atoms with Crippen LogP contribution in [-0.2, 0) is 6.42 Å². The molecule has 1 unspecified atom stereocenters. The third kappa shape index (κ3) is 2.87. The summed E-state index contributed by atoms with van der Waals surface area (Å²) in [5.74, 6) is 0.257. The highest BCUT2D eigenvalue weighted by molar-refractivity contribution is 5.90. The first-order chi connectivity index (χ1) is 13.1. The van der Waals surface area contributed by atoms with Crippen molar-refractivity contribution in [1.82, 2.24) is 20.1 Å². The fourth-order valence-electron chi connectivity index (χ4n) is 5.01. The lowest BCUT2D eigenvalue weighted by Gasteiger charge is -2.46. The standard InChI is InChI=1S/C21H27N5O/c1-4-26(5-2)21(27)24-15-9-16-18(25(3)12-15)8-14-11-23-17-7-6-13(10-22)19(16)20(14)17/h6-7,11,15-16,18,23H,4-5,8-9,12H2,1-3H3,(H,24,27)/t15-,16?,18+/m0/s1. The van der Waals surface area contributed by atoms with Gasteiger partial charge in [0, 0.05) is 54.7 Å². The van der Waals surface area contributed by atoms with E-state index in [9.17, 15) is 10.1 Å². The lowest BCUT2D eigenvalue weighted by Crippen LogP contribution is -2.56. The molecule has 6 heteroatoms. The lowest BCUT2D eigenvalue weighted by molar-refractivity contribution is 0.124. The number of carbonyl (C=O) groups is 1. The quantitative estimate of drug-likeness (QED) is 0.878.